The maximum Gasteiger partial charge on any atom is 0.249 e. The number of hydrogen-bond acceptors (Lipinski definition) is 4. The van der Waals surface area contributed by atoms with Gasteiger partial charge in [-0.3, -0.25) is 9.48 Å². The molecule has 4 aliphatic rings. The van der Waals surface area contributed by atoms with Crippen LogP contribution in [0.3, 0.4) is 0 Å². The number of nitrogens with zero attached hydrogens (tertiary/aromatic N) is 6. The molecule has 160 valence electrons. The average Bonchev–Trinajstić information content (AvgIpc) is 3.46. The van der Waals surface area contributed by atoms with Crippen molar-refractivity contribution >= 4 is 28.5 Å². The molecule has 0 N–H and O–H groups in total. The fourth-order valence-corrected chi connectivity index (χ4v) is 6.32. The zero-order valence-corrected chi connectivity index (χ0v) is 18.0. The Bertz CT molecular complexity index is 1410. The van der Waals surface area contributed by atoms with E-state index in [0.717, 1.165) is 37.1 Å². The molecule has 2 bridgehead atoms. The molecular formula is C25H24N6O. The van der Waals surface area contributed by atoms with Crippen molar-refractivity contribution in [2.75, 3.05) is 0 Å². The fraction of sp³-hybridized carbons (Fsp3) is 0.360. The summed E-state index contributed by atoms with van der Waals surface area (Å²) in [5, 5.41) is 12.0. The summed E-state index contributed by atoms with van der Waals surface area (Å²) in [5.74, 6) is 1.04. The molecule has 3 fully saturated rings. The Kier molecular flexibility index (Phi) is 3.43. The van der Waals surface area contributed by atoms with E-state index < -0.39 is 0 Å². The van der Waals surface area contributed by atoms with Crippen LogP contribution >= 0.6 is 0 Å². The number of rotatable bonds is 4. The van der Waals surface area contributed by atoms with E-state index >= 15 is 0 Å². The zero-order valence-electron chi connectivity index (χ0n) is 18.0. The molecule has 32 heavy (non-hydrogen) atoms. The third kappa shape index (κ3) is 2.36. The lowest BCUT2D eigenvalue weighted by Gasteiger charge is -2.69. The summed E-state index contributed by atoms with van der Waals surface area (Å²) in [7, 11) is 0. The Morgan fingerprint density at radius 3 is 2.91 bits per heavy atom. The Morgan fingerprint density at radius 2 is 2.03 bits per heavy atom. The lowest BCUT2D eigenvalue weighted by Crippen LogP contribution is -2.68. The molecule has 0 radical (unpaired) electrons. The highest BCUT2D eigenvalue weighted by atomic mass is 16.2. The van der Waals surface area contributed by atoms with E-state index in [4.69, 9.17) is 0 Å². The van der Waals surface area contributed by atoms with Crippen LogP contribution in [0, 0.1) is 17.8 Å². The first-order valence-electron chi connectivity index (χ1n) is 11.3. The number of imidazole rings is 1. The summed E-state index contributed by atoms with van der Waals surface area (Å²) in [6, 6.07) is 12.4. The Hall–Kier alpha value is -3.48. The van der Waals surface area contributed by atoms with Crippen LogP contribution in [0.1, 0.15) is 43.1 Å². The molecule has 8 rings (SSSR count). The van der Waals surface area contributed by atoms with Gasteiger partial charge in [-0.05, 0) is 55.9 Å². The lowest BCUT2D eigenvalue weighted by atomic mass is 9.34. The summed E-state index contributed by atoms with van der Waals surface area (Å²) in [6.45, 7) is 2.99. The van der Waals surface area contributed by atoms with Gasteiger partial charge in [-0.25, -0.2) is 9.99 Å². The highest BCUT2D eigenvalue weighted by Gasteiger charge is 2.72. The first-order valence-corrected chi connectivity index (χ1v) is 11.3. The van der Waals surface area contributed by atoms with E-state index in [1.807, 2.05) is 43.0 Å². The minimum absolute atomic E-state index is 0.129. The molecule has 3 aromatic heterocycles. The molecule has 0 spiro atoms. The predicted molar refractivity (Wildman–Crippen MR) is 121 cm³/mol. The molecule has 1 aromatic carbocycles. The van der Waals surface area contributed by atoms with Crippen LogP contribution in [-0.4, -0.2) is 36.3 Å². The van der Waals surface area contributed by atoms with Crippen LogP contribution < -0.4 is 0 Å². The summed E-state index contributed by atoms with van der Waals surface area (Å²) in [5.41, 5.74) is 3.40. The van der Waals surface area contributed by atoms with Crippen molar-refractivity contribution in [3.63, 3.8) is 0 Å². The van der Waals surface area contributed by atoms with Crippen molar-refractivity contribution in [1.29, 1.82) is 0 Å². The summed E-state index contributed by atoms with van der Waals surface area (Å²) in [6.07, 6.45) is 11.2. The number of fused-ring (bicyclic) bond motifs is 2. The molecular weight excluding hydrogens is 400 g/mol. The Labute approximate surface area is 185 Å². The van der Waals surface area contributed by atoms with Gasteiger partial charge in [0.05, 0.1) is 28.8 Å². The van der Waals surface area contributed by atoms with Crippen molar-refractivity contribution in [3.8, 4) is 0 Å². The monoisotopic (exact) mass is 424 g/mol. The number of aromatic nitrogens is 4. The van der Waals surface area contributed by atoms with Gasteiger partial charge in [-0.15, -0.1) is 0 Å². The molecule has 4 heterocycles. The van der Waals surface area contributed by atoms with E-state index in [2.05, 4.69) is 49.4 Å². The minimum Gasteiger partial charge on any atom is -0.302 e. The van der Waals surface area contributed by atoms with Crippen molar-refractivity contribution in [1.82, 2.24) is 24.2 Å². The molecule has 1 unspecified atom stereocenters. The van der Waals surface area contributed by atoms with Crippen LogP contribution in [0.4, 0.5) is 0 Å². The van der Waals surface area contributed by atoms with E-state index in [1.54, 1.807) is 5.01 Å². The van der Waals surface area contributed by atoms with Gasteiger partial charge in [0.15, 0.2) is 0 Å². The smallest absolute Gasteiger partial charge is 0.249 e. The van der Waals surface area contributed by atoms with Gasteiger partial charge in [0, 0.05) is 30.8 Å². The molecule has 1 aliphatic heterocycles. The third-order valence-corrected chi connectivity index (χ3v) is 7.68. The Balaban J connectivity index is 1.10. The number of hydrazone groups is 1. The number of carbonyl (C=O) groups excluding carboxylic acids is 1. The zero-order chi connectivity index (χ0) is 21.5. The van der Waals surface area contributed by atoms with Crippen LogP contribution in [0.15, 0.2) is 60.1 Å². The quantitative estimate of drug-likeness (QED) is 0.495. The van der Waals surface area contributed by atoms with Gasteiger partial charge in [0.25, 0.3) is 0 Å². The maximum absolute atomic E-state index is 13.6. The average molecular weight is 425 g/mol. The molecule has 3 saturated carbocycles. The predicted octanol–water partition coefficient (Wildman–Crippen LogP) is 4.12. The molecule has 3 aliphatic carbocycles. The van der Waals surface area contributed by atoms with E-state index in [-0.39, 0.29) is 22.8 Å². The van der Waals surface area contributed by atoms with Gasteiger partial charge >= 0.3 is 0 Å². The van der Waals surface area contributed by atoms with Crippen LogP contribution in [0.2, 0.25) is 0 Å². The van der Waals surface area contributed by atoms with Crippen LogP contribution in [-0.2, 0) is 11.3 Å². The lowest BCUT2D eigenvalue weighted by molar-refractivity contribution is -0.223. The van der Waals surface area contributed by atoms with Crippen molar-refractivity contribution in [3.05, 3.63) is 66.4 Å². The number of benzene rings is 1. The third-order valence-electron chi connectivity index (χ3n) is 7.68. The van der Waals surface area contributed by atoms with E-state index in [9.17, 15) is 4.79 Å². The van der Waals surface area contributed by atoms with E-state index in [1.165, 1.54) is 16.5 Å². The first-order chi connectivity index (χ1) is 15.6. The maximum atomic E-state index is 13.6. The van der Waals surface area contributed by atoms with Crippen LogP contribution in [0.5, 0.6) is 0 Å². The van der Waals surface area contributed by atoms with E-state index in [0.29, 0.717) is 6.42 Å². The number of hydrogen-bond donors (Lipinski definition) is 0. The SMILES string of the molecule is Cc1ccc2c(cnn2CC23CC(C(=O)N4N=CCC4c4ncc5ccccn45)(C2)C3)c1. The van der Waals surface area contributed by atoms with Gasteiger partial charge in [-0.1, -0.05) is 17.7 Å². The van der Waals surface area contributed by atoms with Crippen LogP contribution in [0.25, 0.3) is 16.4 Å². The number of carbonyl (C=O) groups is 1. The molecule has 1 atom stereocenters. The van der Waals surface area contributed by atoms with Crippen molar-refractivity contribution in [2.24, 2.45) is 15.9 Å². The standard InChI is InChI=1S/C25H24N6O/c1-17-5-6-20-18(10-17)11-28-30(20)16-24-13-25(14-24,15-24)23(32)31-21(7-8-27-31)22-26-12-19-4-2-3-9-29(19)22/h2-6,8-12,21H,7,13-16H2,1H3. The molecule has 7 heteroatoms. The largest absolute Gasteiger partial charge is 0.302 e. The highest BCUT2D eigenvalue weighted by Crippen LogP contribution is 2.74. The fourth-order valence-electron chi connectivity index (χ4n) is 6.32. The molecule has 0 saturated heterocycles. The summed E-state index contributed by atoms with van der Waals surface area (Å²) >= 11 is 0. The second kappa shape index (κ2) is 6.06. The van der Waals surface area contributed by atoms with Gasteiger partial charge in [-0.2, -0.15) is 10.2 Å². The normalized spacial score (nSPS) is 28.3. The second-order valence-corrected chi connectivity index (χ2v) is 9.99. The van der Waals surface area contributed by atoms with Crippen molar-refractivity contribution in [2.45, 2.75) is 45.2 Å². The molecule has 7 nitrogen and oxygen atoms in total. The summed E-state index contributed by atoms with van der Waals surface area (Å²) in [4.78, 5) is 18.2. The van der Waals surface area contributed by atoms with Gasteiger partial charge in [0.2, 0.25) is 5.91 Å². The highest BCUT2D eigenvalue weighted by molar-refractivity contribution is 5.88. The number of pyridine rings is 1. The molecule has 4 aromatic rings. The number of aryl methyl sites for hydroxylation is 1. The molecule has 1 amide bonds. The van der Waals surface area contributed by atoms with Gasteiger partial charge in [0.1, 0.15) is 11.9 Å². The first kappa shape index (κ1) is 18.1. The van der Waals surface area contributed by atoms with Crippen molar-refractivity contribution < 1.29 is 4.79 Å². The topological polar surface area (TPSA) is 67.8 Å². The second-order valence-electron chi connectivity index (χ2n) is 9.99. The minimum atomic E-state index is -0.257. The number of amides is 1. The Morgan fingerprint density at radius 1 is 1.16 bits per heavy atom. The summed E-state index contributed by atoms with van der Waals surface area (Å²) < 4.78 is 4.18. The van der Waals surface area contributed by atoms with Gasteiger partial charge < -0.3 is 4.40 Å².